The molecule has 0 aromatic heterocycles. The van der Waals surface area contributed by atoms with Crippen molar-refractivity contribution < 1.29 is 27.4 Å². The summed E-state index contributed by atoms with van der Waals surface area (Å²) in [4.78, 5) is 12.7. The Kier molecular flexibility index (Phi) is 8.02. The summed E-state index contributed by atoms with van der Waals surface area (Å²) < 4.78 is 42.4. The number of carbonyl (C=O) groups is 1. The van der Waals surface area contributed by atoms with Gasteiger partial charge in [0.1, 0.15) is 5.75 Å². The van der Waals surface area contributed by atoms with Crippen LogP contribution in [-0.2, 0) is 10.0 Å². The average Bonchev–Trinajstić information content (AvgIpc) is 2.77. The van der Waals surface area contributed by atoms with Crippen molar-refractivity contribution in [3.63, 3.8) is 0 Å². The van der Waals surface area contributed by atoms with Gasteiger partial charge in [-0.05, 0) is 42.5 Å². The number of ketones is 1. The van der Waals surface area contributed by atoms with Gasteiger partial charge >= 0.3 is 0 Å². The normalized spacial score (nSPS) is 11.7. The van der Waals surface area contributed by atoms with Crippen LogP contribution >= 0.6 is 0 Å². The maximum absolute atomic E-state index is 12.6. The standard InChI is InChI=1S/C22H27NO6S/c1-6-23(7-2)30(25,26)18-11-8-16(9-12-18)19(24)13-10-17-14-21(28-4)22(29-5)15-20(17)27-3/h8-15H,6-7H2,1-5H3/b13-10+. The number of hydrogen-bond acceptors (Lipinski definition) is 6. The molecule has 7 nitrogen and oxygen atoms in total. The Bertz CT molecular complexity index is 1010. The topological polar surface area (TPSA) is 82.1 Å². The van der Waals surface area contributed by atoms with Gasteiger partial charge in [0.05, 0.1) is 26.2 Å². The Hall–Kier alpha value is -2.84. The third kappa shape index (κ3) is 5.01. The van der Waals surface area contributed by atoms with E-state index in [0.29, 0.717) is 41.5 Å². The Morgan fingerprint density at radius 3 is 1.93 bits per heavy atom. The molecule has 0 bridgehead atoms. The molecule has 2 aromatic rings. The fourth-order valence-electron chi connectivity index (χ4n) is 2.95. The smallest absolute Gasteiger partial charge is 0.243 e. The van der Waals surface area contributed by atoms with Gasteiger partial charge in [-0.1, -0.05) is 13.8 Å². The van der Waals surface area contributed by atoms with E-state index in [0.717, 1.165) is 0 Å². The first kappa shape index (κ1) is 23.4. The van der Waals surface area contributed by atoms with Crippen LogP contribution in [0, 0.1) is 0 Å². The van der Waals surface area contributed by atoms with Crippen molar-refractivity contribution >= 4 is 21.9 Å². The highest BCUT2D eigenvalue weighted by Gasteiger charge is 2.21. The number of sulfonamides is 1. The Morgan fingerprint density at radius 1 is 0.900 bits per heavy atom. The summed E-state index contributed by atoms with van der Waals surface area (Å²) in [6, 6.07) is 9.30. The van der Waals surface area contributed by atoms with Gasteiger partial charge in [-0.3, -0.25) is 4.79 Å². The van der Waals surface area contributed by atoms with E-state index in [1.54, 1.807) is 32.1 Å². The number of carbonyl (C=O) groups excluding carboxylic acids is 1. The third-order valence-corrected chi connectivity index (χ3v) is 6.70. The van der Waals surface area contributed by atoms with Crippen molar-refractivity contribution in [2.75, 3.05) is 34.4 Å². The number of nitrogens with zero attached hydrogens (tertiary/aromatic N) is 1. The van der Waals surface area contributed by atoms with Gasteiger partial charge < -0.3 is 14.2 Å². The van der Waals surface area contributed by atoms with Crippen molar-refractivity contribution in [1.82, 2.24) is 4.31 Å². The molecule has 0 atom stereocenters. The van der Waals surface area contributed by atoms with Crippen molar-refractivity contribution in [3.05, 3.63) is 53.6 Å². The second-order valence-corrected chi connectivity index (χ2v) is 8.20. The van der Waals surface area contributed by atoms with Gasteiger partial charge in [-0.25, -0.2) is 8.42 Å². The number of hydrogen-bond donors (Lipinski definition) is 0. The minimum Gasteiger partial charge on any atom is -0.496 e. The molecule has 0 fully saturated rings. The molecule has 0 saturated carbocycles. The van der Waals surface area contributed by atoms with Crippen LogP contribution in [0.3, 0.4) is 0 Å². The van der Waals surface area contributed by atoms with Crippen LogP contribution in [0.15, 0.2) is 47.4 Å². The number of allylic oxidation sites excluding steroid dienone is 1. The lowest BCUT2D eigenvalue weighted by Crippen LogP contribution is -2.30. The van der Waals surface area contributed by atoms with Crippen molar-refractivity contribution in [2.45, 2.75) is 18.7 Å². The van der Waals surface area contributed by atoms with Crippen LogP contribution in [0.4, 0.5) is 0 Å². The Balaban J connectivity index is 2.27. The van der Waals surface area contributed by atoms with Gasteiger partial charge in [-0.2, -0.15) is 4.31 Å². The number of ether oxygens (including phenoxy) is 3. The molecule has 0 unspecified atom stereocenters. The van der Waals surface area contributed by atoms with Crippen LogP contribution in [0.2, 0.25) is 0 Å². The second kappa shape index (κ2) is 10.3. The van der Waals surface area contributed by atoms with Gasteiger partial charge in [0.15, 0.2) is 17.3 Å². The summed E-state index contributed by atoms with van der Waals surface area (Å²) in [5.41, 5.74) is 1.02. The molecule has 0 aliphatic carbocycles. The zero-order valence-electron chi connectivity index (χ0n) is 17.8. The van der Waals surface area contributed by atoms with Crippen LogP contribution in [0.25, 0.3) is 6.08 Å². The summed E-state index contributed by atoms with van der Waals surface area (Å²) in [7, 11) is 1.02. The summed E-state index contributed by atoms with van der Waals surface area (Å²) in [5, 5.41) is 0. The van der Waals surface area contributed by atoms with E-state index >= 15 is 0 Å². The highest BCUT2D eigenvalue weighted by Crippen LogP contribution is 2.35. The predicted molar refractivity (Wildman–Crippen MR) is 116 cm³/mol. The van der Waals surface area contributed by atoms with Crippen LogP contribution in [0.1, 0.15) is 29.8 Å². The first-order chi connectivity index (χ1) is 14.3. The molecule has 0 aliphatic heterocycles. The third-order valence-electron chi connectivity index (χ3n) is 4.63. The Labute approximate surface area is 177 Å². The van der Waals surface area contributed by atoms with Crippen LogP contribution < -0.4 is 14.2 Å². The monoisotopic (exact) mass is 433 g/mol. The minimum absolute atomic E-state index is 0.160. The first-order valence-corrected chi connectivity index (χ1v) is 10.9. The van der Waals surface area contributed by atoms with Gasteiger partial charge in [0, 0.05) is 30.3 Å². The van der Waals surface area contributed by atoms with E-state index in [2.05, 4.69) is 0 Å². The molecule has 162 valence electrons. The molecular weight excluding hydrogens is 406 g/mol. The van der Waals surface area contributed by atoms with E-state index in [9.17, 15) is 13.2 Å². The van der Waals surface area contributed by atoms with E-state index < -0.39 is 10.0 Å². The first-order valence-electron chi connectivity index (χ1n) is 9.44. The molecule has 0 heterocycles. The largest absolute Gasteiger partial charge is 0.496 e. The summed E-state index contributed by atoms with van der Waals surface area (Å²) >= 11 is 0. The van der Waals surface area contributed by atoms with Crippen molar-refractivity contribution in [1.29, 1.82) is 0 Å². The molecule has 2 rings (SSSR count). The maximum Gasteiger partial charge on any atom is 0.243 e. The number of rotatable bonds is 10. The van der Waals surface area contributed by atoms with E-state index in [-0.39, 0.29) is 10.7 Å². The van der Waals surface area contributed by atoms with E-state index in [1.165, 1.54) is 56.0 Å². The predicted octanol–water partition coefficient (Wildman–Crippen LogP) is 3.64. The molecule has 30 heavy (non-hydrogen) atoms. The fraction of sp³-hybridized carbons (Fsp3) is 0.318. The zero-order valence-corrected chi connectivity index (χ0v) is 18.7. The maximum atomic E-state index is 12.6. The molecule has 0 saturated heterocycles. The molecule has 0 radical (unpaired) electrons. The van der Waals surface area contributed by atoms with Crippen molar-refractivity contribution in [2.24, 2.45) is 0 Å². The Morgan fingerprint density at radius 2 is 1.43 bits per heavy atom. The van der Waals surface area contributed by atoms with Gasteiger partial charge in [0.25, 0.3) is 0 Å². The molecule has 0 aliphatic rings. The lowest BCUT2D eigenvalue weighted by atomic mass is 10.1. The van der Waals surface area contributed by atoms with Crippen LogP contribution in [-0.4, -0.2) is 52.9 Å². The second-order valence-electron chi connectivity index (χ2n) is 6.26. The zero-order chi connectivity index (χ0) is 22.3. The number of methoxy groups -OCH3 is 3. The highest BCUT2D eigenvalue weighted by molar-refractivity contribution is 7.89. The molecule has 8 heteroatoms. The number of benzene rings is 2. The molecule has 0 spiro atoms. The summed E-state index contributed by atoms with van der Waals surface area (Å²) in [6.45, 7) is 4.34. The lowest BCUT2D eigenvalue weighted by Gasteiger charge is -2.18. The molecule has 2 aromatic carbocycles. The van der Waals surface area contributed by atoms with Gasteiger partial charge in [-0.15, -0.1) is 0 Å². The van der Waals surface area contributed by atoms with E-state index in [4.69, 9.17) is 14.2 Å². The summed E-state index contributed by atoms with van der Waals surface area (Å²) in [6.07, 6.45) is 3.02. The van der Waals surface area contributed by atoms with Gasteiger partial charge in [0.2, 0.25) is 10.0 Å². The van der Waals surface area contributed by atoms with Crippen molar-refractivity contribution in [3.8, 4) is 17.2 Å². The average molecular weight is 434 g/mol. The minimum atomic E-state index is -3.56. The van der Waals surface area contributed by atoms with Crippen LogP contribution in [0.5, 0.6) is 17.2 Å². The lowest BCUT2D eigenvalue weighted by molar-refractivity contribution is 0.104. The molecule has 0 N–H and O–H groups in total. The molecule has 0 amide bonds. The quantitative estimate of drug-likeness (QED) is 0.420. The summed E-state index contributed by atoms with van der Waals surface area (Å²) in [5.74, 6) is 1.29. The fourth-order valence-corrected chi connectivity index (χ4v) is 4.41. The van der Waals surface area contributed by atoms with E-state index in [1.807, 2.05) is 0 Å². The SMILES string of the molecule is CCN(CC)S(=O)(=O)c1ccc(C(=O)/C=C/c2cc(OC)c(OC)cc2OC)cc1. The highest BCUT2D eigenvalue weighted by atomic mass is 32.2. The molecular formula is C22H27NO6S.